The van der Waals surface area contributed by atoms with Crippen molar-refractivity contribution in [1.82, 2.24) is 4.98 Å². The zero-order valence-electron chi connectivity index (χ0n) is 18.7. The zero-order valence-corrected chi connectivity index (χ0v) is 19.5. The first-order valence-electron chi connectivity index (χ1n) is 10.7. The van der Waals surface area contributed by atoms with E-state index in [1.165, 1.54) is 5.56 Å². The minimum Gasteiger partial charge on any atom is -0.493 e. The maximum absolute atomic E-state index is 10.6. The van der Waals surface area contributed by atoms with Gasteiger partial charge in [0.2, 0.25) is 0 Å². The van der Waals surface area contributed by atoms with E-state index in [1.54, 1.807) is 11.3 Å². The molecule has 2 aromatic carbocycles. The Bertz CT molecular complexity index is 1020. The molecule has 3 aromatic rings. The lowest BCUT2D eigenvalue weighted by atomic mass is 10.1. The van der Waals surface area contributed by atoms with Crippen LogP contribution in [0.4, 0.5) is 0 Å². The van der Waals surface area contributed by atoms with E-state index in [4.69, 9.17) is 19.3 Å². The molecule has 3 rings (SSSR count). The van der Waals surface area contributed by atoms with Crippen LogP contribution in [0.3, 0.4) is 0 Å². The van der Waals surface area contributed by atoms with E-state index in [1.807, 2.05) is 49.7 Å². The van der Waals surface area contributed by atoms with Gasteiger partial charge in [0, 0.05) is 18.0 Å². The molecule has 0 amide bonds. The quantitative estimate of drug-likeness (QED) is 0.373. The van der Waals surface area contributed by atoms with Crippen molar-refractivity contribution in [3.05, 3.63) is 59.1 Å². The smallest absolute Gasteiger partial charge is 0.306 e. The Balaban J connectivity index is 1.53. The van der Waals surface area contributed by atoms with Crippen molar-refractivity contribution in [2.24, 2.45) is 0 Å². The average molecular weight is 456 g/mol. The van der Waals surface area contributed by atoms with Gasteiger partial charge in [-0.1, -0.05) is 13.0 Å². The van der Waals surface area contributed by atoms with Crippen molar-refractivity contribution < 1.29 is 24.1 Å². The molecule has 0 spiro atoms. The van der Waals surface area contributed by atoms with E-state index in [9.17, 15) is 4.79 Å². The molecule has 7 heteroatoms. The van der Waals surface area contributed by atoms with Crippen LogP contribution in [0.25, 0.3) is 10.6 Å². The predicted molar refractivity (Wildman–Crippen MR) is 126 cm³/mol. The highest BCUT2D eigenvalue weighted by Gasteiger charge is 2.13. The van der Waals surface area contributed by atoms with Crippen LogP contribution in [-0.4, -0.2) is 35.4 Å². The van der Waals surface area contributed by atoms with E-state index in [0.717, 1.165) is 40.5 Å². The van der Waals surface area contributed by atoms with Crippen LogP contribution in [0.2, 0.25) is 0 Å². The maximum atomic E-state index is 10.6. The number of thiazole rings is 1. The van der Waals surface area contributed by atoms with Crippen molar-refractivity contribution in [2.75, 3.05) is 13.2 Å². The van der Waals surface area contributed by atoms with Crippen LogP contribution < -0.4 is 14.2 Å². The van der Waals surface area contributed by atoms with Gasteiger partial charge < -0.3 is 19.3 Å². The van der Waals surface area contributed by atoms with Crippen LogP contribution in [0, 0.1) is 6.92 Å². The Morgan fingerprint density at radius 1 is 1.12 bits per heavy atom. The lowest BCUT2D eigenvalue weighted by molar-refractivity contribution is -0.137. The predicted octanol–water partition coefficient (Wildman–Crippen LogP) is 5.77. The second-order valence-electron chi connectivity index (χ2n) is 7.51. The molecule has 0 aliphatic rings. The molecule has 6 nitrogen and oxygen atoms in total. The summed E-state index contributed by atoms with van der Waals surface area (Å²) in [6.07, 6.45) is 3.44. The summed E-state index contributed by atoms with van der Waals surface area (Å²) in [5.74, 6) is 1.37. The first-order valence-corrected chi connectivity index (χ1v) is 11.6. The topological polar surface area (TPSA) is 77.9 Å². The third-order valence-corrected chi connectivity index (χ3v) is 5.76. The lowest BCUT2D eigenvalue weighted by Gasteiger charge is -2.18. The molecule has 170 valence electrons. The van der Waals surface area contributed by atoms with Gasteiger partial charge in [0.15, 0.2) is 0 Å². The van der Waals surface area contributed by atoms with Crippen molar-refractivity contribution >= 4 is 17.3 Å². The highest BCUT2D eigenvalue weighted by molar-refractivity contribution is 7.13. The molecule has 0 unspecified atom stereocenters. The normalized spacial score (nSPS) is 11.7. The molecular weight excluding hydrogens is 426 g/mol. The number of aromatic nitrogens is 1. The minimum atomic E-state index is -0.876. The van der Waals surface area contributed by atoms with Gasteiger partial charge in [-0.05, 0) is 61.7 Å². The van der Waals surface area contributed by atoms with E-state index in [2.05, 4.69) is 24.0 Å². The third-order valence-electron chi connectivity index (χ3n) is 4.96. The molecule has 0 aliphatic carbocycles. The summed E-state index contributed by atoms with van der Waals surface area (Å²) in [7, 11) is 0. The zero-order chi connectivity index (χ0) is 22.9. The summed E-state index contributed by atoms with van der Waals surface area (Å²) in [6.45, 7) is 6.74. The fourth-order valence-electron chi connectivity index (χ4n) is 3.16. The van der Waals surface area contributed by atoms with Gasteiger partial charge in [0.1, 0.15) is 22.3 Å². The molecule has 1 aromatic heterocycles. The van der Waals surface area contributed by atoms with Crippen LogP contribution in [0.5, 0.6) is 17.2 Å². The summed E-state index contributed by atoms with van der Waals surface area (Å²) in [5, 5.41) is 11.6. The second-order valence-corrected chi connectivity index (χ2v) is 8.40. The molecule has 1 atom stereocenters. The molecular formula is C25H29NO5S. The monoisotopic (exact) mass is 455 g/mol. The molecule has 0 saturated heterocycles. The van der Waals surface area contributed by atoms with Crippen LogP contribution in [-0.2, 0) is 11.2 Å². The van der Waals surface area contributed by atoms with Crippen LogP contribution >= 0.6 is 11.3 Å². The number of aliphatic carboxylic acids is 1. The SMILES string of the molecule is CCc1ccc(O[C@@H](C)CCOc2ccc(OCCC(=O)O)c(C)c2)c(-c2nccs2)c1. The average Bonchev–Trinajstić information content (AvgIpc) is 3.30. The largest absolute Gasteiger partial charge is 0.493 e. The lowest BCUT2D eigenvalue weighted by Crippen LogP contribution is -2.16. The Kier molecular flexibility index (Phi) is 8.50. The van der Waals surface area contributed by atoms with Gasteiger partial charge in [-0.2, -0.15) is 0 Å². The van der Waals surface area contributed by atoms with Crippen molar-refractivity contribution in [2.45, 2.75) is 46.1 Å². The number of hydrogen-bond acceptors (Lipinski definition) is 6. The summed E-state index contributed by atoms with van der Waals surface area (Å²) in [5.41, 5.74) is 3.19. The molecule has 1 heterocycles. The first-order chi connectivity index (χ1) is 15.5. The molecule has 0 radical (unpaired) electrons. The molecule has 0 bridgehead atoms. The molecule has 0 fully saturated rings. The number of carboxylic acid groups (broad SMARTS) is 1. The summed E-state index contributed by atoms with van der Waals surface area (Å²) >= 11 is 1.61. The van der Waals surface area contributed by atoms with Gasteiger partial charge in [-0.3, -0.25) is 4.79 Å². The van der Waals surface area contributed by atoms with E-state index in [0.29, 0.717) is 12.4 Å². The van der Waals surface area contributed by atoms with Crippen LogP contribution in [0.15, 0.2) is 48.0 Å². The highest BCUT2D eigenvalue weighted by Crippen LogP contribution is 2.33. The fourth-order valence-corrected chi connectivity index (χ4v) is 3.82. The Labute approximate surface area is 192 Å². The van der Waals surface area contributed by atoms with E-state index in [-0.39, 0.29) is 19.1 Å². The van der Waals surface area contributed by atoms with Crippen molar-refractivity contribution in [3.63, 3.8) is 0 Å². The molecule has 0 aliphatic heterocycles. The van der Waals surface area contributed by atoms with E-state index >= 15 is 0 Å². The Morgan fingerprint density at radius 2 is 1.94 bits per heavy atom. The molecule has 1 N–H and O–H groups in total. The minimum absolute atomic E-state index is 0.0268. The standard InChI is InChI=1S/C25H29NO5S/c1-4-19-5-7-23(21(16-19)25-26-11-14-32-25)31-18(3)9-12-29-20-6-8-22(17(2)15-20)30-13-10-24(27)28/h5-8,11,14-16,18H,4,9-10,12-13H2,1-3H3,(H,27,28)/t18-/m0/s1. The number of aryl methyl sites for hydroxylation is 2. The number of ether oxygens (including phenoxy) is 3. The first kappa shape index (κ1) is 23.6. The molecule has 32 heavy (non-hydrogen) atoms. The number of nitrogens with zero attached hydrogens (tertiary/aromatic N) is 1. The maximum Gasteiger partial charge on any atom is 0.306 e. The van der Waals surface area contributed by atoms with Gasteiger partial charge in [-0.25, -0.2) is 4.98 Å². The summed E-state index contributed by atoms with van der Waals surface area (Å²) < 4.78 is 17.6. The van der Waals surface area contributed by atoms with Crippen LogP contribution in [0.1, 0.15) is 37.8 Å². The number of carbonyl (C=O) groups is 1. The highest BCUT2D eigenvalue weighted by atomic mass is 32.1. The number of rotatable bonds is 12. The van der Waals surface area contributed by atoms with E-state index < -0.39 is 5.97 Å². The number of carboxylic acids is 1. The van der Waals surface area contributed by atoms with Gasteiger partial charge in [-0.15, -0.1) is 11.3 Å². The fraction of sp³-hybridized carbons (Fsp3) is 0.360. The van der Waals surface area contributed by atoms with Gasteiger partial charge in [0.05, 0.1) is 31.3 Å². The molecule has 0 saturated carbocycles. The Morgan fingerprint density at radius 3 is 2.62 bits per heavy atom. The van der Waals surface area contributed by atoms with Crippen molar-refractivity contribution in [3.8, 4) is 27.8 Å². The number of benzene rings is 2. The second kappa shape index (κ2) is 11.5. The Hall–Kier alpha value is -3.06. The third kappa shape index (κ3) is 6.72. The van der Waals surface area contributed by atoms with Gasteiger partial charge >= 0.3 is 5.97 Å². The summed E-state index contributed by atoms with van der Waals surface area (Å²) in [4.78, 5) is 15.1. The van der Waals surface area contributed by atoms with Gasteiger partial charge in [0.25, 0.3) is 0 Å². The summed E-state index contributed by atoms with van der Waals surface area (Å²) in [6, 6.07) is 11.8. The number of hydrogen-bond donors (Lipinski definition) is 1. The van der Waals surface area contributed by atoms with Crippen molar-refractivity contribution in [1.29, 1.82) is 0 Å².